The van der Waals surface area contributed by atoms with E-state index in [1.54, 1.807) is 0 Å². The lowest BCUT2D eigenvalue weighted by Crippen LogP contribution is -2.44. The zero-order valence-electron chi connectivity index (χ0n) is 10.4. The summed E-state index contributed by atoms with van der Waals surface area (Å²) in [5, 5.41) is 9.23. The number of aliphatic carboxylic acids is 1. The van der Waals surface area contributed by atoms with Crippen molar-refractivity contribution in [1.82, 2.24) is 4.90 Å². The van der Waals surface area contributed by atoms with Gasteiger partial charge in [0.25, 0.3) is 0 Å². The summed E-state index contributed by atoms with van der Waals surface area (Å²) in [6, 6.07) is 0.397. The highest BCUT2D eigenvalue weighted by molar-refractivity contribution is 5.86. The van der Waals surface area contributed by atoms with Crippen molar-refractivity contribution in [1.29, 1.82) is 0 Å². The normalized spacial score (nSPS) is 21.7. The standard InChI is InChI=1S/C13H21NO3/c1-2-8-14(10-4-5-10)11(15)9-13(12(16)17)6-3-7-13/h10H,2-9H2,1H3,(H,16,17). The minimum atomic E-state index is -0.788. The molecule has 0 aromatic carbocycles. The first kappa shape index (κ1) is 12.4. The van der Waals surface area contributed by atoms with Gasteiger partial charge in [-0.25, -0.2) is 0 Å². The molecule has 96 valence electrons. The summed E-state index contributed by atoms with van der Waals surface area (Å²) < 4.78 is 0. The second-order valence-corrected chi connectivity index (χ2v) is 5.43. The molecule has 0 spiro atoms. The molecule has 2 saturated carbocycles. The summed E-state index contributed by atoms with van der Waals surface area (Å²) in [6.07, 6.45) is 5.60. The smallest absolute Gasteiger partial charge is 0.310 e. The Labute approximate surface area is 102 Å². The van der Waals surface area contributed by atoms with E-state index in [4.69, 9.17) is 0 Å². The summed E-state index contributed by atoms with van der Waals surface area (Å²) in [7, 11) is 0. The fourth-order valence-corrected chi connectivity index (χ4v) is 2.60. The molecule has 2 aliphatic carbocycles. The molecule has 0 atom stereocenters. The van der Waals surface area contributed by atoms with Gasteiger partial charge in [-0.15, -0.1) is 0 Å². The van der Waals surface area contributed by atoms with Gasteiger partial charge in [0, 0.05) is 19.0 Å². The van der Waals surface area contributed by atoms with Crippen LogP contribution in [0, 0.1) is 5.41 Å². The number of carbonyl (C=O) groups excluding carboxylic acids is 1. The molecule has 0 saturated heterocycles. The summed E-state index contributed by atoms with van der Waals surface area (Å²) in [5.74, 6) is -0.735. The van der Waals surface area contributed by atoms with Gasteiger partial charge in [0.15, 0.2) is 0 Å². The van der Waals surface area contributed by atoms with Crippen LogP contribution in [0.5, 0.6) is 0 Å². The van der Waals surface area contributed by atoms with E-state index in [0.29, 0.717) is 18.9 Å². The van der Waals surface area contributed by atoms with E-state index in [9.17, 15) is 14.7 Å². The zero-order valence-corrected chi connectivity index (χ0v) is 10.4. The molecule has 0 heterocycles. The van der Waals surface area contributed by atoms with Gasteiger partial charge in [-0.05, 0) is 32.1 Å². The van der Waals surface area contributed by atoms with Gasteiger partial charge in [-0.2, -0.15) is 0 Å². The lowest BCUT2D eigenvalue weighted by atomic mass is 9.66. The molecule has 2 rings (SSSR count). The Kier molecular flexibility index (Phi) is 3.40. The first-order valence-electron chi connectivity index (χ1n) is 6.62. The lowest BCUT2D eigenvalue weighted by Gasteiger charge is -2.38. The third-order valence-electron chi connectivity index (χ3n) is 4.03. The summed E-state index contributed by atoms with van der Waals surface area (Å²) >= 11 is 0. The van der Waals surface area contributed by atoms with E-state index in [2.05, 4.69) is 6.92 Å². The van der Waals surface area contributed by atoms with Crippen molar-refractivity contribution in [2.75, 3.05) is 6.54 Å². The fraction of sp³-hybridized carbons (Fsp3) is 0.846. The largest absolute Gasteiger partial charge is 0.481 e. The molecule has 0 aromatic rings. The molecule has 0 bridgehead atoms. The molecule has 4 nitrogen and oxygen atoms in total. The van der Waals surface area contributed by atoms with Crippen LogP contribution in [0.1, 0.15) is 51.9 Å². The van der Waals surface area contributed by atoms with Gasteiger partial charge < -0.3 is 10.0 Å². The van der Waals surface area contributed by atoms with Crippen LogP contribution in [0.2, 0.25) is 0 Å². The maximum atomic E-state index is 12.2. The number of carbonyl (C=O) groups is 2. The number of hydrogen-bond donors (Lipinski definition) is 1. The van der Waals surface area contributed by atoms with Crippen LogP contribution in [0.3, 0.4) is 0 Å². The highest BCUT2D eigenvalue weighted by Crippen LogP contribution is 2.45. The Morgan fingerprint density at radius 2 is 2.00 bits per heavy atom. The second kappa shape index (κ2) is 4.67. The number of nitrogens with zero attached hydrogens (tertiary/aromatic N) is 1. The van der Waals surface area contributed by atoms with Gasteiger partial charge in [0.05, 0.1) is 5.41 Å². The Morgan fingerprint density at radius 1 is 1.35 bits per heavy atom. The van der Waals surface area contributed by atoms with Gasteiger partial charge in [-0.1, -0.05) is 13.3 Å². The Morgan fingerprint density at radius 3 is 2.35 bits per heavy atom. The third-order valence-corrected chi connectivity index (χ3v) is 4.03. The monoisotopic (exact) mass is 239 g/mol. The van der Waals surface area contributed by atoms with Crippen LogP contribution >= 0.6 is 0 Å². The predicted octanol–water partition coefficient (Wildman–Crippen LogP) is 2.03. The maximum absolute atomic E-state index is 12.2. The van der Waals surface area contributed by atoms with Crippen molar-refractivity contribution in [2.45, 2.75) is 57.9 Å². The van der Waals surface area contributed by atoms with Crippen molar-refractivity contribution in [3.05, 3.63) is 0 Å². The molecule has 0 aliphatic heterocycles. The van der Waals surface area contributed by atoms with Crippen LogP contribution in [-0.4, -0.2) is 34.5 Å². The first-order valence-corrected chi connectivity index (χ1v) is 6.62. The number of hydrogen-bond acceptors (Lipinski definition) is 2. The molecule has 0 aromatic heterocycles. The van der Waals surface area contributed by atoms with Crippen LogP contribution in [0.15, 0.2) is 0 Å². The highest BCUT2D eigenvalue weighted by atomic mass is 16.4. The van der Waals surface area contributed by atoms with Gasteiger partial charge >= 0.3 is 5.97 Å². The first-order chi connectivity index (χ1) is 8.09. The summed E-state index contributed by atoms with van der Waals surface area (Å²) in [4.78, 5) is 25.3. The van der Waals surface area contributed by atoms with E-state index < -0.39 is 11.4 Å². The maximum Gasteiger partial charge on any atom is 0.310 e. The van der Waals surface area contributed by atoms with Crippen molar-refractivity contribution < 1.29 is 14.7 Å². The molecule has 2 aliphatic rings. The molecule has 1 amide bonds. The Bertz CT molecular complexity index is 319. The van der Waals surface area contributed by atoms with E-state index in [0.717, 1.165) is 32.2 Å². The predicted molar refractivity (Wildman–Crippen MR) is 63.6 cm³/mol. The lowest BCUT2D eigenvalue weighted by molar-refractivity contribution is -0.159. The fourth-order valence-electron chi connectivity index (χ4n) is 2.60. The van der Waals surface area contributed by atoms with Crippen molar-refractivity contribution >= 4 is 11.9 Å². The average Bonchev–Trinajstić information content (AvgIpc) is 3.02. The highest BCUT2D eigenvalue weighted by Gasteiger charge is 2.47. The number of carboxylic acids is 1. The van der Waals surface area contributed by atoms with E-state index >= 15 is 0 Å². The molecule has 0 unspecified atom stereocenters. The zero-order chi connectivity index (χ0) is 12.5. The van der Waals surface area contributed by atoms with E-state index in [-0.39, 0.29) is 12.3 Å². The van der Waals surface area contributed by atoms with Crippen LogP contribution in [0.4, 0.5) is 0 Å². The van der Waals surface area contributed by atoms with Crippen molar-refractivity contribution in [3.63, 3.8) is 0 Å². The average molecular weight is 239 g/mol. The van der Waals surface area contributed by atoms with E-state index in [1.165, 1.54) is 0 Å². The molecule has 4 heteroatoms. The van der Waals surface area contributed by atoms with Gasteiger partial charge in [-0.3, -0.25) is 9.59 Å². The Balaban J connectivity index is 1.96. The second-order valence-electron chi connectivity index (χ2n) is 5.43. The van der Waals surface area contributed by atoms with Crippen molar-refractivity contribution in [2.24, 2.45) is 5.41 Å². The molecular weight excluding hydrogens is 218 g/mol. The third kappa shape index (κ3) is 2.45. The van der Waals surface area contributed by atoms with Crippen LogP contribution in [-0.2, 0) is 9.59 Å². The summed E-state index contributed by atoms with van der Waals surface area (Å²) in [6.45, 7) is 2.83. The number of rotatable bonds is 6. The van der Waals surface area contributed by atoms with Crippen LogP contribution in [0.25, 0.3) is 0 Å². The van der Waals surface area contributed by atoms with Gasteiger partial charge in [0.1, 0.15) is 0 Å². The van der Waals surface area contributed by atoms with E-state index in [1.807, 2.05) is 4.90 Å². The minimum Gasteiger partial charge on any atom is -0.481 e. The topological polar surface area (TPSA) is 57.6 Å². The molecule has 0 radical (unpaired) electrons. The van der Waals surface area contributed by atoms with Crippen LogP contribution < -0.4 is 0 Å². The SMILES string of the molecule is CCCN(C(=O)CC1(C(=O)O)CCC1)C1CC1. The summed E-state index contributed by atoms with van der Waals surface area (Å²) in [5.41, 5.74) is -0.738. The Hall–Kier alpha value is -1.06. The number of amides is 1. The molecule has 1 N–H and O–H groups in total. The molecular formula is C13H21NO3. The van der Waals surface area contributed by atoms with Crippen molar-refractivity contribution in [3.8, 4) is 0 Å². The van der Waals surface area contributed by atoms with Gasteiger partial charge in [0.2, 0.25) is 5.91 Å². The quantitative estimate of drug-likeness (QED) is 0.771. The molecule has 17 heavy (non-hydrogen) atoms. The minimum absolute atomic E-state index is 0.0523. The number of carboxylic acid groups (broad SMARTS) is 1. The molecule has 2 fully saturated rings.